The van der Waals surface area contributed by atoms with Gasteiger partial charge < -0.3 is 5.32 Å². The van der Waals surface area contributed by atoms with Gasteiger partial charge in [-0.3, -0.25) is 4.99 Å². The maximum Gasteiger partial charge on any atom is 0.0670 e. The Labute approximate surface area is 109 Å². The standard InChI is InChI=1S/C16H20N2/c1-2-16-9-14-11(6-4-8-17-14)12-5-3-7-13(15(12)16)18-10-16/h3,5,7,10-11,14,17H,2,4,6,8-9H2,1H3/t11?,14-,16?/m1/s1. The Hall–Kier alpha value is -1.15. The average Bonchev–Trinajstić information content (AvgIpc) is 2.80. The lowest BCUT2D eigenvalue weighted by atomic mass is 9.62. The molecule has 1 fully saturated rings. The second kappa shape index (κ2) is 3.67. The minimum Gasteiger partial charge on any atom is -0.313 e. The van der Waals surface area contributed by atoms with E-state index < -0.39 is 0 Å². The molecular formula is C16H20N2. The molecule has 1 N–H and O–H groups in total. The van der Waals surface area contributed by atoms with Gasteiger partial charge in [0.25, 0.3) is 0 Å². The second-order valence-electron chi connectivity index (χ2n) is 6.02. The van der Waals surface area contributed by atoms with Crippen LogP contribution >= 0.6 is 0 Å². The maximum atomic E-state index is 4.70. The van der Waals surface area contributed by atoms with Gasteiger partial charge in [0.15, 0.2) is 0 Å². The Balaban J connectivity index is 1.93. The molecule has 1 aromatic carbocycles. The van der Waals surface area contributed by atoms with E-state index in [2.05, 4.69) is 36.7 Å². The summed E-state index contributed by atoms with van der Waals surface area (Å²) in [7, 11) is 0. The van der Waals surface area contributed by atoms with Gasteiger partial charge in [-0.05, 0) is 55.3 Å². The van der Waals surface area contributed by atoms with Crippen LogP contribution in [0.5, 0.6) is 0 Å². The van der Waals surface area contributed by atoms with Crippen molar-refractivity contribution in [3.63, 3.8) is 0 Å². The molecule has 0 aromatic heterocycles. The first-order valence-electron chi connectivity index (χ1n) is 7.26. The molecule has 2 nitrogen and oxygen atoms in total. The zero-order valence-electron chi connectivity index (χ0n) is 10.9. The first-order valence-corrected chi connectivity index (χ1v) is 7.26. The minimum absolute atomic E-state index is 0.220. The van der Waals surface area contributed by atoms with Gasteiger partial charge in [0, 0.05) is 17.7 Å². The molecular weight excluding hydrogens is 220 g/mol. The van der Waals surface area contributed by atoms with E-state index in [4.69, 9.17) is 4.99 Å². The molecule has 1 saturated heterocycles. The van der Waals surface area contributed by atoms with Gasteiger partial charge >= 0.3 is 0 Å². The van der Waals surface area contributed by atoms with Crippen LogP contribution in [-0.4, -0.2) is 18.8 Å². The number of benzene rings is 1. The smallest absolute Gasteiger partial charge is 0.0670 e. The fourth-order valence-corrected chi connectivity index (χ4v) is 4.27. The van der Waals surface area contributed by atoms with E-state index >= 15 is 0 Å². The Kier molecular flexibility index (Phi) is 2.19. The van der Waals surface area contributed by atoms with Crippen LogP contribution in [0.15, 0.2) is 23.2 Å². The Morgan fingerprint density at radius 2 is 2.39 bits per heavy atom. The third kappa shape index (κ3) is 1.24. The number of fused-ring (bicyclic) bond motifs is 2. The average molecular weight is 240 g/mol. The summed E-state index contributed by atoms with van der Waals surface area (Å²) in [5.41, 5.74) is 4.59. The van der Waals surface area contributed by atoms with Crippen LogP contribution in [0.25, 0.3) is 0 Å². The number of nitrogens with one attached hydrogen (secondary N) is 1. The van der Waals surface area contributed by atoms with Gasteiger partial charge in [0.2, 0.25) is 0 Å². The minimum atomic E-state index is 0.220. The van der Waals surface area contributed by atoms with Crippen molar-refractivity contribution in [3.8, 4) is 0 Å². The highest BCUT2D eigenvalue weighted by atomic mass is 14.9. The highest BCUT2D eigenvalue weighted by molar-refractivity contribution is 5.87. The SMILES string of the molecule is CCC12C=Nc3cccc(c31)C1CCCN[C@@H]1C2. The number of aliphatic imine (C=N–C) groups is 1. The molecule has 0 saturated carbocycles. The van der Waals surface area contributed by atoms with Crippen LogP contribution in [0.3, 0.4) is 0 Å². The maximum absolute atomic E-state index is 4.70. The van der Waals surface area contributed by atoms with Crippen molar-refractivity contribution in [2.75, 3.05) is 6.54 Å². The molecule has 2 heterocycles. The fraction of sp³-hybridized carbons (Fsp3) is 0.562. The van der Waals surface area contributed by atoms with Crippen molar-refractivity contribution >= 4 is 11.9 Å². The van der Waals surface area contributed by atoms with E-state index in [0.717, 1.165) is 5.92 Å². The van der Waals surface area contributed by atoms with E-state index in [1.54, 1.807) is 11.1 Å². The molecule has 0 amide bonds. The topological polar surface area (TPSA) is 24.4 Å². The molecule has 0 spiro atoms. The van der Waals surface area contributed by atoms with E-state index in [9.17, 15) is 0 Å². The van der Waals surface area contributed by atoms with Gasteiger partial charge in [-0.15, -0.1) is 0 Å². The summed E-state index contributed by atoms with van der Waals surface area (Å²) >= 11 is 0. The highest BCUT2D eigenvalue weighted by Gasteiger charge is 2.46. The summed E-state index contributed by atoms with van der Waals surface area (Å²) in [6, 6.07) is 7.38. The quantitative estimate of drug-likeness (QED) is 0.800. The summed E-state index contributed by atoms with van der Waals surface area (Å²) in [6.45, 7) is 3.49. The van der Waals surface area contributed by atoms with Crippen LogP contribution in [0.4, 0.5) is 5.69 Å². The molecule has 3 aliphatic rings. The molecule has 0 radical (unpaired) electrons. The number of rotatable bonds is 1. The number of hydrogen-bond donors (Lipinski definition) is 1. The molecule has 94 valence electrons. The first kappa shape index (κ1) is 10.7. The molecule has 2 unspecified atom stereocenters. The third-order valence-electron chi connectivity index (χ3n) is 5.22. The fourth-order valence-electron chi connectivity index (χ4n) is 4.27. The van der Waals surface area contributed by atoms with E-state index in [1.165, 1.54) is 37.9 Å². The van der Waals surface area contributed by atoms with E-state index in [0.29, 0.717) is 6.04 Å². The molecule has 0 bridgehead atoms. The molecule has 18 heavy (non-hydrogen) atoms. The number of piperidine rings is 1. The van der Waals surface area contributed by atoms with Crippen LogP contribution < -0.4 is 5.32 Å². The van der Waals surface area contributed by atoms with Gasteiger partial charge in [-0.25, -0.2) is 0 Å². The van der Waals surface area contributed by atoms with Crippen molar-refractivity contribution < 1.29 is 0 Å². The van der Waals surface area contributed by atoms with Crippen molar-refractivity contribution in [2.24, 2.45) is 4.99 Å². The van der Waals surface area contributed by atoms with Crippen LogP contribution in [0, 0.1) is 0 Å². The Morgan fingerprint density at radius 3 is 3.28 bits per heavy atom. The zero-order chi connectivity index (χ0) is 12.2. The zero-order valence-corrected chi connectivity index (χ0v) is 10.9. The monoisotopic (exact) mass is 240 g/mol. The van der Waals surface area contributed by atoms with E-state index in [1.807, 2.05) is 0 Å². The lowest BCUT2D eigenvalue weighted by molar-refractivity contribution is 0.275. The van der Waals surface area contributed by atoms with Gasteiger partial charge in [-0.2, -0.15) is 0 Å². The van der Waals surface area contributed by atoms with Gasteiger partial charge in [0.05, 0.1) is 5.69 Å². The second-order valence-corrected chi connectivity index (χ2v) is 6.02. The summed E-state index contributed by atoms with van der Waals surface area (Å²) in [5, 5.41) is 3.75. The summed E-state index contributed by atoms with van der Waals surface area (Å²) in [6.07, 6.45) is 7.29. The van der Waals surface area contributed by atoms with E-state index in [-0.39, 0.29) is 5.41 Å². The van der Waals surface area contributed by atoms with Crippen molar-refractivity contribution in [1.82, 2.24) is 5.32 Å². The molecule has 2 aliphatic heterocycles. The molecule has 4 rings (SSSR count). The number of nitrogens with zero attached hydrogens (tertiary/aromatic N) is 1. The molecule has 3 atom stereocenters. The van der Waals surface area contributed by atoms with Gasteiger partial charge in [-0.1, -0.05) is 19.1 Å². The van der Waals surface area contributed by atoms with Crippen LogP contribution in [0.2, 0.25) is 0 Å². The molecule has 1 aromatic rings. The highest BCUT2D eigenvalue weighted by Crippen LogP contribution is 2.52. The Morgan fingerprint density at radius 1 is 1.44 bits per heavy atom. The lowest BCUT2D eigenvalue weighted by Crippen LogP contribution is -2.49. The lowest BCUT2D eigenvalue weighted by Gasteiger charge is -2.45. The summed E-state index contributed by atoms with van der Waals surface area (Å²) in [4.78, 5) is 4.70. The third-order valence-corrected chi connectivity index (χ3v) is 5.22. The van der Waals surface area contributed by atoms with Crippen molar-refractivity contribution in [2.45, 2.75) is 50.0 Å². The van der Waals surface area contributed by atoms with Crippen molar-refractivity contribution in [3.05, 3.63) is 29.3 Å². The Bertz CT molecular complexity index is 520. The molecule has 1 aliphatic carbocycles. The normalized spacial score (nSPS) is 36.3. The summed E-state index contributed by atoms with van der Waals surface area (Å²) < 4.78 is 0. The molecule has 2 heteroatoms. The van der Waals surface area contributed by atoms with Crippen LogP contribution in [0.1, 0.15) is 49.7 Å². The first-order chi connectivity index (χ1) is 8.84. The largest absolute Gasteiger partial charge is 0.313 e. The van der Waals surface area contributed by atoms with Gasteiger partial charge in [0.1, 0.15) is 0 Å². The summed E-state index contributed by atoms with van der Waals surface area (Å²) in [5.74, 6) is 0.718. The predicted molar refractivity (Wildman–Crippen MR) is 74.9 cm³/mol. The predicted octanol–water partition coefficient (Wildman–Crippen LogP) is 3.29. The van der Waals surface area contributed by atoms with Crippen LogP contribution in [-0.2, 0) is 5.41 Å². The van der Waals surface area contributed by atoms with Crippen molar-refractivity contribution in [1.29, 1.82) is 0 Å². The number of hydrogen-bond acceptors (Lipinski definition) is 2.